The van der Waals surface area contributed by atoms with Crippen LogP contribution in [0, 0.1) is 0 Å². The summed E-state index contributed by atoms with van der Waals surface area (Å²) in [6.45, 7) is 3.87. The molecule has 0 bridgehead atoms. The van der Waals surface area contributed by atoms with Gasteiger partial charge < -0.3 is 24.8 Å². The molecule has 0 saturated carbocycles. The Morgan fingerprint density at radius 1 is 0.867 bits per heavy atom. The van der Waals surface area contributed by atoms with E-state index in [4.69, 9.17) is 14.2 Å². The molecule has 0 aliphatic carbocycles. The van der Waals surface area contributed by atoms with E-state index in [9.17, 15) is 14.4 Å². The van der Waals surface area contributed by atoms with Crippen molar-refractivity contribution in [2.24, 2.45) is 0 Å². The number of amides is 2. The lowest BCUT2D eigenvalue weighted by atomic mass is 10.1. The normalized spacial score (nSPS) is 10.1. The number of rotatable bonds is 11. The van der Waals surface area contributed by atoms with E-state index in [2.05, 4.69) is 10.6 Å². The zero-order valence-corrected chi connectivity index (χ0v) is 17.3. The van der Waals surface area contributed by atoms with Crippen molar-refractivity contribution in [3.05, 3.63) is 53.6 Å². The third kappa shape index (κ3) is 7.12. The van der Waals surface area contributed by atoms with E-state index < -0.39 is 0 Å². The molecule has 0 heterocycles. The van der Waals surface area contributed by atoms with E-state index in [1.165, 1.54) is 14.0 Å². The third-order valence-corrected chi connectivity index (χ3v) is 4.08. The number of carbonyl (C=O) groups is 3. The standard InChI is InChI=1S/C22H26N2O6/c1-4-23-21(26)14-30-19-10-5-16(11-20(19)28-3)12-24-22(27)13-29-18-8-6-17(7-9-18)15(2)25/h5-11H,4,12-14H2,1-3H3,(H,23,26)(H,24,27). The first-order valence-corrected chi connectivity index (χ1v) is 9.49. The molecule has 2 aromatic rings. The van der Waals surface area contributed by atoms with Crippen LogP contribution >= 0.6 is 0 Å². The lowest BCUT2D eigenvalue weighted by Crippen LogP contribution is -2.28. The van der Waals surface area contributed by atoms with Gasteiger partial charge in [0.25, 0.3) is 11.8 Å². The average Bonchev–Trinajstić information content (AvgIpc) is 2.75. The maximum absolute atomic E-state index is 12.0. The van der Waals surface area contributed by atoms with E-state index in [-0.39, 0.29) is 37.4 Å². The SMILES string of the molecule is CCNC(=O)COc1ccc(CNC(=O)COc2ccc(C(C)=O)cc2)cc1OC. The largest absolute Gasteiger partial charge is 0.493 e. The number of methoxy groups -OCH3 is 1. The molecule has 2 N–H and O–H groups in total. The number of Topliss-reactive ketones (excluding diaryl/α,β-unsaturated/α-hetero) is 1. The molecular formula is C22H26N2O6. The molecule has 8 nitrogen and oxygen atoms in total. The molecule has 2 aromatic carbocycles. The maximum atomic E-state index is 12.0. The fourth-order valence-corrected chi connectivity index (χ4v) is 2.52. The van der Waals surface area contributed by atoms with Crippen LogP contribution in [0.4, 0.5) is 0 Å². The van der Waals surface area contributed by atoms with Crippen molar-refractivity contribution >= 4 is 17.6 Å². The highest BCUT2D eigenvalue weighted by atomic mass is 16.5. The minimum absolute atomic E-state index is 0.0321. The molecule has 0 spiro atoms. The summed E-state index contributed by atoms with van der Waals surface area (Å²) in [5.41, 5.74) is 1.38. The van der Waals surface area contributed by atoms with E-state index in [0.717, 1.165) is 5.56 Å². The fraction of sp³-hybridized carbons (Fsp3) is 0.318. The Morgan fingerprint density at radius 2 is 1.53 bits per heavy atom. The van der Waals surface area contributed by atoms with Crippen molar-refractivity contribution in [2.45, 2.75) is 20.4 Å². The summed E-state index contributed by atoms with van der Waals surface area (Å²) in [7, 11) is 1.50. The van der Waals surface area contributed by atoms with E-state index in [1.807, 2.05) is 6.92 Å². The maximum Gasteiger partial charge on any atom is 0.258 e. The van der Waals surface area contributed by atoms with Gasteiger partial charge in [-0.2, -0.15) is 0 Å². The van der Waals surface area contributed by atoms with Crippen LogP contribution in [0.5, 0.6) is 17.2 Å². The van der Waals surface area contributed by atoms with Crippen LogP contribution in [0.3, 0.4) is 0 Å². The fourth-order valence-electron chi connectivity index (χ4n) is 2.52. The topological polar surface area (TPSA) is 103 Å². The molecule has 0 fully saturated rings. The Balaban J connectivity index is 1.83. The van der Waals surface area contributed by atoms with Crippen molar-refractivity contribution in [3.63, 3.8) is 0 Å². The zero-order chi connectivity index (χ0) is 21.9. The van der Waals surface area contributed by atoms with E-state index in [1.54, 1.807) is 42.5 Å². The Morgan fingerprint density at radius 3 is 2.17 bits per heavy atom. The van der Waals surface area contributed by atoms with Gasteiger partial charge in [0.05, 0.1) is 7.11 Å². The smallest absolute Gasteiger partial charge is 0.258 e. The van der Waals surface area contributed by atoms with Gasteiger partial charge in [0, 0.05) is 18.7 Å². The number of ether oxygens (including phenoxy) is 3. The van der Waals surface area contributed by atoms with Gasteiger partial charge in [-0.3, -0.25) is 14.4 Å². The number of nitrogens with one attached hydrogen (secondary N) is 2. The Labute approximate surface area is 175 Å². The zero-order valence-electron chi connectivity index (χ0n) is 17.3. The number of ketones is 1. The van der Waals surface area contributed by atoms with Crippen LogP contribution in [-0.2, 0) is 16.1 Å². The van der Waals surface area contributed by atoms with Crippen LogP contribution in [0.15, 0.2) is 42.5 Å². The van der Waals surface area contributed by atoms with Crippen LogP contribution in [0.2, 0.25) is 0 Å². The molecule has 8 heteroatoms. The molecule has 0 saturated heterocycles. The first kappa shape index (κ1) is 22.7. The van der Waals surface area contributed by atoms with Gasteiger partial charge in [-0.15, -0.1) is 0 Å². The summed E-state index contributed by atoms with van der Waals surface area (Å²) >= 11 is 0. The molecule has 0 aromatic heterocycles. The lowest BCUT2D eigenvalue weighted by molar-refractivity contribution is -0.123. The van der Waals surface area contributed by atoms with Gasteiger partial charge in [-0.25, -0.2) is 0 Å². The van der Waals surface area contributed by atoms with Crippen LogP contribution in [-0.4, -0.2) is 44.5 Å². The van der Waals surface area contributed by atoms with Crippen LogP contribution in [0.1, 0.15) is 29.8 Å². The predicted octanol–water partition coefficient (Wildman–Crippen LogP) is 2.11. The second-order valence-electron chi connectivity index (χ2n) is 6.37. The van der Waals surface area contributed by atoms with Crippen molar-refractivity contribution < 1.29 is 28.6 Å². The molecular weight excluding hydrogens is 388 g/mol. The molecule has 30 heavy (non-hydrogen) atoms. The van der Waals surface area contributed by atoms with Crippen molar-refractivity contribution in [2.75, 3.05) is 26.9 Å². The molecule has 0 aliphatic heterocycles. The lowest BCUT2D eigenvalue weighted by Gasteiger charge is -2.13. The summed E-state index contributed by atoms with van der Waals surface area (Å²) in [5, 5.41) is 5.41. The number of likely N-dealkylation sites (N-methyl/N-ethyl adjacent to an activating group) is 1. The third-order valence-electron chi connectivity index (χ3n) is 4.08. The van der Waals surface area contributed by atoms with Gasteiger partial charge in [-0.1, -0.05) is 6.07 Å². The molecule has 2 amide bonds. The second-order valence-corrected chi connectivity index (χ2v) is 6.37. The Bertz CT molecular complexity index is 880. The second kappa shape index (κ2) is 11.5. The first-order valence-electron chi connectivity index (χ1n) is 9.49. The van der Waals surface area contributed by atoms with E-state index in [0.29, 0.717) is 29.4 Å². The first-order chi connectivity index (χ1) is 14.4. The van der Waals surface area contributed by atoms with Crippen molar-refractivity contribution in [3.8, 4) is 17.2 Å². The molecule has 0 atom stereocenters. The minimum Gasteiger partial charge on any atom is -0.493 e. The highest BCUT2D eigenvalue weighted by Gasteiger charge is 2.10. The highest BCUT2D eigenvalue weighted by molar-refractivity contribution is 5.94. The minimum atomic E-state index is -0.291. The summed E-state index contributed by atoms with van der Waals surface area (Å²) < 4.78 is 16.2. The Hall–Kier alpha value is -3.55. The number of benzene rings is 2. The molecule has 0 radical (unpaired) electrons. The highest BCUT2D eigenvalue weighted by Crippen LogP contribution is 2.28. The van der Waals surface area contributed by atoms with Gasteiger partial charge >= 0.3 is 0 Å². The predicted molar refractivity (Wildman–Crippen MR) is 111 cm³/mol. The average molecular weight is 414 g/mol. The summed E-state index contributed by atoms with van der Waals surface area (Å²) in [6.07, 6.45) is 0. The van der Waals surface area contributed by atoms with Gasteiger partial charge in [0.1, 0.15) is 5.75 Å². The Kier molecular flexibility index (Phi) is 8.68. The molecule has 160 valence electrons. The summed E-state index contributed by atoms with van der Waals surface area (Å²) in [4.78, 5) is 34.8. The van der Waals surface area contributed by atoms with Crippen molar-refractivity contribution in [1.82, 2.24) is 10.6 Å². The van der Waals surface area contributed by atoms with Gasteiger partial charge in [-0.05, 0) is 55.8 Å². The molecule has 0 unspecified atom stereocenters. The van der Waals surface area contributed by atoms with Crippen molar-refractivity contribution in [1.29, 1.82) is 0 Å². The molecule has 2 rings (SSSR count). The monoisotopic (exact) mass is 414 g/mol. The van der Waals surface area contributed by atoms with Gasteiger partial charge in [0.15, 0.2) is 30.5 Å². The number of carbonyl (C=O) groups excluding carboxylic acids is 3. The van der Waals surface area contributed by atoms with Crippen LogP contribution < -0.4 is 24.8 Å². The summed E-state index contributed by atoms with van der Waals surface area (Å²) in [6, 6.07) is 11.8. The summed E-state index contributed by atoms with van der Waals surface area (Å²) in [5.74, 6) is 0.873. The number of hydrogen-bond donors (Lipinski definition) is 2. The van der Waals surface area contributed by atoms with E-state index >= 15 is 0 Å². The molecule has 0 aliphatic rings. The number of hydrogen-bond acceptors (Lipinski definition) is 6. The quantitative estimate of drug-likeness (QED) is 0.546. The van der Waals surface area contributed by atoms with Gasteiger partial charge in [0.2, 0.25) is 0 Å². The van der Waals surface area contributed by atoms with Crippen LogP contribution in [0.25, 0.3) is 0 Å².